The maximum absolute atomic E-state index is 12.6. The molecule has 33 heavy (non-hydrogen) atoms. The highest BCUT2D eigenvalue weighted by Gasteiger charge is 2.31. The molecule has 2 aromatic rings. The Balaban J connectivity index is 1.70. The summed E-state index contributed by atoms with van der Waals surface area (Å²) in [5.74, 6) is 0.657. The first-order chi connectivity index (χ1) is 15.9. The first kappa shape index (κ1) is 24.5. The maximum Gasteiger partial charge on any atom is 0.336 e. The monoisotopic (exact) mass is 485 g/mol. The van der Waals surface area contributed by atoms with Crippen LogP contribution in [0.3, 0.4) is 0 Å². The summed E-state index contributed by atoms with van der Waals surface area (Å²) in [7, 11) is 4.64. The Hall–Kier alpha value is -3.14. The summed E-state index contributed by atoms with van der Waals surface area (Å²) >= 11 is 6.52. The highest BCUT2D eigenvalue weighted by molar-refractivity contribution is 8.26. The highest BCUT2D eigenvalue weighted by atomic mass is 32.2. The van der Waals surface area contributed by atoms with Crippen LogP contribution >= 0.6 is 24.0 Å². The molecule has 0 unspecified atom stereocenters. The van der Waals surface area contributed by atoms with Gasteiger partial charge in [-0.3, -0.25) is 9.69 Å². The molecule has 0 N–H and O–H groups in total. The zero-order chi connectivity index (χ0) is 23.8. The number of benzene rings is 2. The summed E-state index contributed by atoms with van der Waals surface area (Å²) in [6.45, 7) is 0.807. The van der Waals surface area contributed by atoms with Gasteiger partial charge in [0.05, 0.1) is 32.3 Å². The van der Waals surface area contributed by atoms with E-state index in [1.54, 1.807) is 56.7 Å². The van der Waals surface area contributed by atoms with Gasteiger partial charge in [-0.1, -0.05) is 42.2 Å². The van der Waals surface area contributed by atoms with Crippen molar-refractivity contribution in [1.29, 1.82) is 0 Å². The Morgan fingerprint density at radius 2 is 1.76 bits per heavy atom. The third kappa shape index (κ3) is 6.44. The van der Waals surface area contributed by atoms with Crippen LogP contribution in [-0.2, 0) is 14.3 Å². The molecule has 2 aromatic carbocycles. The van der Waals surface area contributed by atoms with E-state index in [-0.39, 0.29) is 11.7 Å². The molecule has 1 saturated heterocycles. The molecule has 1 aliphatic heterocycles. The minimum atomic E-state index is -0.545. The average molecular weight is 486 g/mol. The smallest absolute Gasteiger partial charge is 0.336 e. The van der Waals surface area contributed by atoms with Crippen molar-refractivity contribution in [3.05, 3.63) is 64.6 Å². The predicted octanol–water partition coefficient (Wildman–Crippen LogP) is 4.17. The van der Waals surface area contributed by atoms with Crippen molar-refractivity contribution in [1.82, 2.24) is 4.90 Å². The Morgan fingerprint density at radius 3 is 2.42 bits per heavy atom. The fourth-order valence-electron chi connectivity index (χ4n) is 2.91. The molecule has 0 atom stereocenters. The lowest BCUT2D eigenvalue weighted by Crippen LogP contribution is -2.31. The van der Waals surface area contributed by atoms with Gasteiger partial charge >= 0.3 is 5.97 Å². The van der Waals surface area contributed by atoms with E-state index in [9.17, 15) is 9.59 Å². The van der Waals surface area contributed by atoms with Crippen LogP contribution in [0.2, 0.25) is 0 Å². The summed E-state index contributed by atoms with van der Waals surface area (Å²) in [5.41, 5.74) is 1.55. The lowest BCUT2D eigenvalue weighted by atomic mass is 10.2. The minimum absolute atomic E-state index is 0.166. The number of carbonyl (C=O) groups excluding carboxylic acids is 2. The van der Waals surface area contributed by atoms with Gasteiger partial charge in [-0.25, -0.2) is 4.79 Å². The van der Waals surface area contributed by atoms with Gasteiger partial charge in [0.25, 0.3) is 5.91 Å². The second-order valence-corrected chi connectivity index (χ2v) is 8.44. The van der Waals surface area contributed by atoms with Gasteiger partial charge in [0.15, 0.2) is 11.5 Å². The number of rotatable bonds is 9. The molecule has 3 rings (SSSR count). The standard InChI is InChI=1S/C24H23NO6S2/c1-28-13-12-25-23(27)21(33-24(25)32)15-17-6-10-19(20(14-17)30-3)31-22(26)11-7-16-4-8-18(29-2)9-5-16/h4-11,14-15H,12-13H2,1-3H3/b11-7+,21-15-. The van der Waals surface area contributed by atoms with Crippen LogP contribution in [0.5, 0.6) is 17.2 Å². The fourth-order valence-corrected chi connectivity index (χ4v) is 4.22. The van der Waals surface area contributed by atoms with Crippen molar-refractivity contribution in [3.63, 3.8) is 0 Å². The first-order valence-electron chi connectivity index (χ1n) is 9.91. The van der Waals surface area contributed by atoms with E-state index in [0.717, 1.165) is 11.3 Å². The van der Waals surface area contributed by atoms with Crippen LogP contribution in [0.1, 0.15) is 11.1 Å². The van der Waals surface area contributed by atoms with Crippen molar-refractivity contribution in [3.8, 4) is 17.2 Å². The molecule has 1 heterocycles. The van der Waals surface area contributed by atoms with E-state index >= 15 is 0 Å². The quantitative estimate of drug-likeness (QED) is 0.227. The molecule has 172 valence electrons. The predicted molar refractivity (Wildman–Crippen MR) is 132 cm³/mol. The van der Waals surface area contributed by atoms with Crippen LogP contribution in [0.15, 0.2) is 53.4 Å². The number of hydrogen-bond acceptors (Lipinski definition) is 8. The van der Waals surface area contributed by atoms with Crippen molar-refractivity contribution < 1.29 is 28.5 Å². The minimum Gasteiger partial charge on any atom is -0.497 e. The second kappa shape index (κ2) is 11.6. The van der Waals surface area contributed by atoms with Crippen LogP contribution in [0.4, 0.5) is 0 Å². The van der Waals surface area contributed by atoms with Crippen LogP contribution < -0.4 is 14.2 Å². The molecule has 0 spiro atoms. The summed E-state index contributed by atoms with van der Waals surface area (Å²) in [6.07, 6.45) is 4.71. The highest BCUT2D eigenvalue weighted by Crippen LogP contribution is 2.34. The van der Waals surface area contributed by atoms with Crippen molar-refractivity contribution >= 4 is 52.3 Å². The number of hydrogen-bond donors (Lipinski definition) is 0. The van der Waals surface area contributed by atoms with E-state index in [2.05, 4.69) is 0 Å². The fraction of sp³-hybridized carbons (Fsp3) is 0.208. The van der Waals surface area contributed by atoms with E-state index < -0.39 is 5.97 Å². The number of amides is 1. The molecule has 0 radical (unpaired) electrons. The molecule has 9 heteroatoms. The molecule has 1 aliphatic rings. The molecule has 0 saturated carbocycles. The van der Waals surface area contributed by atoms with Crippen LogP contribution in [-0.4, -0.2) is 55.6 Å². The van der Waals surface area contributed by atoms with Gasteiger partial charge < -0.3 is 18.9 Å². The summed E-state index contributed by atoms with van der Waals surface area (Å²) in [5, 5.41) is 0. The third-order valence-electron chi connectivity index (χ3n) is 4.62. The van der Waals surface area contributed by atoms with Crippen LogP contribution in [0.25, 0.3) is 12.2 Å². The van der Waals surface area contributed by atoms with Gasteiger partial charge in [-0.2, -0.15) is 0 Å². The van der Waals surface area contributed by atoms with Gasteiger partial charge in [0.1, 0.15) is 10.1 Å². The van der Waals surface area contributed by atoms with Crippen LogP contribution in [0, 0.1) is 0 Å². The Morgan fingerprint density at radius 1 is 1.03 bits per heavy atom. The van der Waals surface area contributed by atoms with E-state index in [0.29, 0.717) is 33.7 Å². The first-order valence-corrected chi connectivity index (χ1v) is 11.1. The summed E-state index contributed by atoms with van der Waals surface area (Å²) < 4.78 is 21.4. The van der Waals surface area contributed by atoms with Crippen molar-refractivity contribution in [2.24, 2.45) is 0 Å². The molecule has 0 aliphatic carbocycles. The van der Waals surface area contributed by atoms with E-state index in [4.69, 9.17) is 31.2 Å². The summed E-state index contributed by atoms with van der Waals surface area (Å²) in [6, 6.07) is 12.3. The zero-order valence-corrected chi connectivity index (χ0v) is 20.0. The van der Waals surface area contributed by atoms with E-state index in [1.165, 1.54) is 29.8 Å². The number of thiocarbonyl (C=S) groups is 1. The topological polar surface area (TPSA) is 74.3 Å². The summed E-state index contributed by atoms with van der Waals surface area (Å²) in [4.78, 5) is 26.9. The number of ether oxygens (including phenoxy) is 4. The SMILES string of the molecule is COCCN1C(=O)/C(=C/c2ccc(OC(=O)/C=C/c3ccc(OC)cc3)c(OC)c2)SC1=S. The Bertz CT molecular complexity index is 1090. The normalized spacial score (nSPS) is 14.9. The molecule has 1 fully saturated rings. The number of methoxy groups -OCH3 is 3. The largest absolute Gasteiger partial charge is 0.497 e. The number of esters is 1. The van der Waals surface area contributed by atoms with Crippen molar-refractivity contribution in [2.45, 2.75) is 0 Å². The lowest BCUT2D eigenvalue weighted by molar-refractivity contribution is -0.129. The second-order valence-electron chi connectivity index (χ2n) is 6.76. The lowest BCUT2D eigenvalue weighted by Gasteiger charge is -2.13. The molecule has 0 aromatic heterocycles. The molecular formula is C24H23NO6S2. The number of thioether (sulfide) groups is 1. The molecule has 0 bridgehead atoms. The van der Waals surface area contributed by atoms with Gasteiger partial charge in [0, 0.05) is 13.2 Å². The zero-order valence-electron chi connectivity index (χ0n) is 18.4. The maximum atomic E-state index is 12.6. The van der Waals surface area contributed by atoms with Gasteiger partial charge in [0.2, 0.25) is 0 Å². The number of carbonyl (C=O) groups is 2. The Kier molecular flexibility index (Phi) is 8.65. The van der Waals surface area contributed by atoms with Crippen molar-refractivity contribution in [2.75, 3.05) is 34.5 Å². The average Bonchev–Trinajstić information content (AvgIpc) is 3.09. The number of nitrogens with zero attached hydrogens (tertiary/aromatic N) is 1. The Labute approximate surface area is 202 Å². The van der Waals surface area contributed by atoms with E-state index in [1.807, 2.05) is 12.1 Å². The third-order valence-corrected chi connectivity index (χ3v) is 5.99. The van der Waals surface area contributed by atoms with Gasteiger partial charge in [-0.15, -0.1) is 0 Å². The molecular weight excluding hydrogens is 462 g/mol. The molecule has 7 nitrogen and oxygen atoms in total. The van der Waals surface area contributed by atoms with Gasteiger partial charge in [-0.05, 0) is 47.5 Å². The molecule has 1 amide bonds.